The van der Waals surface area contributed by atoms with Crippen LogP contribution in [-0.2, 0) is 17.6 Å². The maximum absolute atomic E-state index is 13.1. The molecule has 1 amide bonds. The quantitative estimate of drug-likeness (QED) is 0.786. The van der Waals surface area contributed by atoms with Gasteiger partial charge >= 0.3 is 0 Å². The van der Waals surface area contributed by atoms with Crippen molar-refractivity contribution in [3.05, 3.63) is 77.7 Å². The number of pyridine rings is 1. The Balaban J connectivity index is 1.57. The van der Waals surface area contributed by atoms with Crippen LogP contribution in [-0.4, -0.2) is 17.4 Å². The zero-order valence-electron chi connectivity index (χ0n) is 12.6. The number of rotatable bonds is 5. The molecule has 0 unspecified atom stereocenters. The second kappa shape index (κ2) is 7.01. The highest BCUT2D eigenvalue weighted by molar-refractivity contribution is 5.82. The average Bonchev–Trinajstić information content (AvgIpc) is 2.55. The van der Waals surface area contributed by atoms with Crippen LogP contribution in [0, 0.1) is 5.82 Å². The molecule has 0 spiro atoms. The van der Waals surface area contributed by atoms with Crippen LogP contribution in [0.4, 0.5) is 4.39 Å². The summed E-state index contributed by atoms with van der Waals surface area (Å²) < 4.78 is 13.1. The number of carbonyl (C=O) groups excluding carboxylic acids is 1. The van der Waals surface area contributed by atoms with Crippen LogP contribution in [0.15, 0.2) is 60.8 Å². The number of para-hydroxylation sites is 1. The number of hydrogen-bond acceptors (Lipinski definition) is 2. The van der Waals surface area contributed by atoms with Crippen molar-refractivity contribution in [3.63, 3.8) is 0 Å². The number of amides is 1. The first-order chi connectivity index (χ1) is 11.2. The lowest BCUT2D eigenvalue weighted by atomic mass is 10.1. The van der Waals surface area contributed by atoms with Crippen LogP contribution in [0.3, 0.4) is 0 Å². The summed E-state index contributed by atoms with van der Waals surface area (Å²) in [7, 11) is 0. The lowest BCUT2D eigenvalue weighted by Crippen LogP contribution is -2.27. The Morgan fingerprint density at radius 2 is 1.91 bits per heavy atom. The molecule has 0 bridgehead atoms. The second-order valence-electron chi connectivity index (χ2n) is 5.40. The number of nitrogens with one attached hydrogen (secondary N) is 1. The Kier molecular flexibility index (Phi) is 4.62. The van der Waals surface area contributed by atoms with Crippen molar-refractivity contribution in [1.29, 1.82) is 0 Å². The molecule has 3 aromatic rings. The van der Waals surface area contributed by atoms with E-state index in [4.69, 9.17) is 0 Å². The third-order valence-corrected chi connectivity index (χ3v) is 3.69. The van der Waals surface area contributed by atoms with E-state index in [-0.39, 0.29) is 18.1 Å². The summed E-state index contributed by atoms with van der Waals surface area (Å²) in [5.41, 5.74) is 2.75. The minimum absolute atomic E-state index is 0.108. The highest BCUT2D eigenvalue weighted by Crippen LogP contribution is 2.16. The molecule has 1 heterocycles. The van der Waals surface area contributed by atoms with Crippen molar-refractivity contribution >= 4 is 16.8 Å². The van der Waals surface area contributed by atoms with Gasteiger partial charge in [-0.2, -0.15) is 0 Å². The Morgan fingerprint density at radius 1 is 1.09 bits per heavy atom. The fraction of sp³-hybridized carbons (Fsp3) is 0.158. The molecule has 0 aliphatic carbocycles. The highest BCUT2D eigenvalue weighted by atomic mass is 19.1. The number of carbonyl (C=O) groups is 1. The van der Waals surface area contributed by atoms with E-state index in [0.717, 1.165) is 16.5 Å². The fourth-order valence-electron chi connectivity index (χ4n) is 2.60. The molecule has 0 aliphatic heterocycles. The summed E-state index contributed by atoms with van der Waals surface area (Å²) in [5.74, 6) is -0.430. The van der Waals surface area contributed by atoms with Gasteiger partial charge in [-0.1, -0.05) is 36.4 Å². The third kappa shape index (κ3) is 3.92. The normalized spacial score (nSPS) is 10.7. The molecule has 23 heavy (non-hydrogen) atoms. The largest absolute Gasteiger partial charge is 0.355 e. The van der Waals surface area contributed by atoms with E-state index in [2.05, 4.69) is 10.3 Å². The van der Waals surface area contributed by atoms with Crippen LogP contribution in [0.25, 0.3) is 10.9 Å². The summed E-state index contributed by atoms with van der Waals surface area (Å²) in [6, 6.07) is 16.1. The smallest absolute Gasteiger partial charge is 0.224 e. The van der Waals surface area contributed by atoms with Crippen molar-refractivity contribution in [2.45, 2.75) is 12.8 Å². The first-order valence-electron chi connectivity index (χ1n) is 7.56. The summed E-state index contributed by atoms with van der Waals surface area (Å²) in [4.78, 5) is 16.3. The summed E-state index contributed by atoms with van der Waals surface area (Å²) in [6.45, 7) is 0.532. The number of aromatic nitrogens is 1. The van der Waals surface area contributed by atoms with E-state index < -0.39 is 0 Å². The molecule has 0 saturated carbocycles. The molecule has 0 saturated heterocycles. The van der Waals surface area contributed by atoms with E-state index in [1.807, 2.05) is 30.3 Å². The standard InChI is InChI=1S/C19H17FN2O/c20-17-8-1-4-14(12-17)13-18(23)21-11-9-16-6-2-5-15-7-3-10-22-19(15)16/h1-8,10,12H,9,11,13H2,(H,21,23). The zero-order chi connectivity index (χ0) is 16.1. The maximum atomic E-state index is 13.1. The minimum atomic E-state index is -0.322. The van der Waals surface area contributed by atoms with Crippen LogP contribution in [0.5, 0.6) is 0 Å². The average molecular weight is 308 g/mol. The van der Waals surface area contributed by atoms with Gasteiger partial charge < -0.3 is 5.32 Å². The predicted molar refractivity (Wildman–Crippen MR) is 88.6 cm³/mol. The molecular formula is C19H17FN2O. The number of hydrogen-bond donors (Lipinski definition) is 1. The highest BCUT2D eigenvalue weighted by Gasteiger charge is 2.05. The first kappa shape index (κ1) is 15.2. The Bertz CT molecular complexity index is 827. The van der Waals surface area contributed by atoms with Crippen molar-refractivity contribution in [3.8, 4) is 0 Å². The van der Waals surface area contributed by atoms with Gasteiger partial charge in [0.05, 0.1) is 11.9 Å². The van der Waals surface area contributed by atoms with Gasteiger partial charge in [0.25, 0.3) is 0 Å². The third-order valence-electron chi connectivity index (χ3n) is 3.69. The topological polar surface area (TPSA) is 42.0 Å². The Labute approximate surface area is 134 Å². The molecule has 116 valence electrons. The van der Waals surface area contributed by atoms with E-state index in [0.29, 0.717) is 18.5 Å². The van der Waals surface area contributed by atoms with Crippen molar-refractivity contribution in [2.75, 3.05) is 6.54 Å². The first-order valence-corrected chi connectivity index (χ1v) is 7.56. The van der Waals surface area contributed by atoms with Crippen LogP contribution >= 0.6 is 0 Å². The molecule has 4 heteroatoms. The molecule has 2 aromatic carbocycles. The summed E-state index contributed by atoms with van der Waals surface area (Å²) in [6.07, 6.45) is 2.67. The Hall–Kier alpha value is -2.75. The lowest BCUT2D eigenvalue weighted by molar-refractivity contribution is -0.120. The van der Waals surface area contributed by atoms with Gasteiger partial charge in [0.15, 0.2) is 0 Å². The van der Waals surface area contributed by atoms with Gasteiger partial charge in [0.2, 0.25) is 5.91 Å². The number of nitrogens with zero attached hydrogens (tertiary/aromatic N) is 1. The molecule has 0 atom stereocenters. The molecule has 1 aromatic heterocycles. The number of halogens is 1. The van der Waals surface area contributed by atoms with Crippen LogP contribution < -0.4 is 5.32 Å². The van der Waals surface area contributed by atoms with Gasteiger partial charge in [-0.25, -0.2) is 4.39 Å². The van der Waals surface area contributed by atoms with Gasteiger partial charge in [-0.3, -0.25) is 9.78 Å². The van der Waals surface area contributed by atoms with Crippen molar-refractivity contribution in [1.82, 2.24) is 10.3 Å². The maximum Gasteiger partial charge on any atom is 0.224 e. The van der Waals surface area contributed by atoms with Crippen molar-refractivity contribution in [2.24, 2.45) is 0 Å². The summed E-state index contributed by atoms with van der Waals surface area (Å²) >= 11 is 0. The number of benzene rings is 2. The predicted octanol–water partition coefficient (Wildman–Crippen LogP) is 3.28. The monoisotopic (exact) mass is 308 g/mol. The lowest BCUT2D eigenvalue weighted by Gasteiger charge is -2.07. The fourth-order valence-corrected chi connectivity index (χ4v) is 2.60. The van der Waals surface area contributed by atoms with E-state index in [9.17, 15) is 9.18 Å². The molecular weight excluding hydrogens is 291 g/mol. The van der Waals surface area contributed by atoms with E-state index in [1.54, 1.807) is 18.3 Å². The van der Waals surface area contributed by atoms with Crippen LogP contribution in [0.1, 0.15) is 11.1 Å². The molecule has 1 N–H and O–H groups in total. The molecule has 0 radical (unpaired) electrons. The molecule has 3 rings (SSSR count). The SMILES string of the molecule is O=C(Cc1cccc(F)c1)NCCc1cccc2cccnc12. The van der Waals surface area contributed by atoms with Gasteiger partial charge in [-0.05, 0) is 35.7 Å². The zero-order valence-corrected chi connectivity index (χ0v) is 12.6. The van der Waals surface area contributed by atoms with Crippen molar-refractivity contribution < 1.29 is 9.18 Å². The minimum Gasteiger partial charge on any atom is -0.355 e. The van der Waals surface area contributed by atoms with Gasteiger partial charge in [0.1, 0.15) is 5.82 Å². The second-order valence-corrected chi connectivity index (χ2v) is 5.40. The molecule has 0 aliphatic rings. The van der Waals surface area contributed by atoms with Gasteiger partial charge in [-0.15, -0.1) is 0 Å². The molecule has 3 nitrogen and oxygen atoms in total. The van der Waals surface area contributed by atoms with Gasteiger partial charge in [0, 0.05) is 18.1 Å². The Morgan fingerprint density at radius 3 is 2.78 bits per heavy atom. The van der Waals surface area contributed by atoms with E-state index >= 15 is 0 Å². The number of fused-ring (bicyclic) bond motifs is 1. The summed E-state index contributed by atoms with van der Waals surface area (Å²) in [5, 5.41) is 3.97. The van der Waals surface area contributed by atoms with E-state index in [1.165, 1.54) is 12.1 Å². The van der Waals surface area contributed by atoms with Crippen LogP contribution in [0.2, 0.25) is 0 Å². The molecule has 0 fully saturated rings.